The van der Waals surface area contributed by atoms with Gasteiger partial charge >= 0.3 is 5.97 Å². The van der Waals surface area contributed by atoms with Crippen LogP contribution in [0.2, 0.25) is 0 Å². The van der Waals surface area contributed by atoms with Crippen LogP contribution >= 0.6 is 8.81 Å². The zero-order valence-corrected chi connectivity index (χ0v) is 18.9. The number of hydrogen-bond donors (Lipinski definition) is 2. The number of hydrogen-bond acceptors (Lipinski definition) is 5. The lowest BCUT2D eigenvalue weighted by atomic mass is 9.89. The van der Waals surface area contributed by atoms with E-state index in [0.29, 0.717) is 20.8 Å². The van der Waals surface area contributed by atoms with E-state index in [-0.39, 0.29) is 12.4 Å². The normalized spacial score (nSPS) is 13.7. The molecule has 1 heterocycles. The summed E-state index contributed by atoms with van der Waals surface area (Å²) in [7, 11) is 0.428. The van der Waals surface area contributed by atoms with Crippen molar-refractivity contribution in [1.29, 1.82) is 0 Å². The fourth-order valence-corrected chi connectivity index (χ4v) is 4.42. The highest BCUT2D eigenvalue weighted by Crippen LogP contribution is 2.38. The Bertz CT molecular complexity index is 925. The Hall–Kier alpha value is -2.36. The second kappa shape index (κ2) is 10.6. The molecule has 0 radical (unpaired) electrons. The number of ether oxygens (including phenoxy) is 1. The molecule has 5 nitrogen and oxygen atoms in total. The number of cyclic esters (lactones) is 1. The summed E-state index contributed by atoms with van der Waals surface area (Å²) in [6.07, 6.45) is 4.48. The van der Waals surface area contributed by atoms with Crippen molar-refractivity contribution in [2.24, 2.45) is 0 Å². The summed E-state index contributed by atoms with van der Waals surface area (Å²) in [5.74, 6) is 0.577. The van der Waals surface area contributed by atoms with Gasteiger partial charge in [-0.25, -0.2) is 4.79 Å². The highest BCUT2D eigenvalue weighted by Gasteiger charge is 2.30. The van der Waals surface area contributed by atoms with E-state index in [1.54, 1.807) is 0 Å². The highest BCUT2D eigenvalue weighted by molar-refractivity contribution is 7.32. The molecule has 0 amide bonds. The molecule has 0 bridgehead atoms. The van der Waals surface area contributed by atoms with Crippen LogP contribution in [0.4, 0.5) is 0 Å². The molecular formula is C24H30NO4P. The van der Waals surface area contributed by atoms with E-state index >= 15 is 0 Å². The number of carbonyl (C=O) groups is 1. The predicted octanol–water partition coefficient (Wildman–Crippen LogP) is 4.68. The first kappa shape index (κ1) is 22.3. The van der Waals surface area contributed by atoms with Crippen LogP contribution in [0.15, 0.2) is 42.0 Å². The van der Waals surface area contributed by atoms with E-state index in [2.05, 4.69) is 25.2 Å². The van der Waals surface area contributed by atoms with Gasteiger partial charge in [0.15, 0.2) is 0 Å². The van der Waals surface area contributed by atoms with Crippen LogP contribution in [0.3, 0.4) is 0 Å². The largest absolute Gasteiger partial charge is 0.507 e. The molecule has 0 fully saturated rings. The third kappa shape index (κ3) is 5.21. The van der Waals surface area contributed by atoms with E-state index in [1.807, 2.05) is 37.3 Å². The molecule has 30 heavy (non-hydrogen) atoms. The average Bonchev–Trinajstić information content (AvgIpc) is 3.15. The minimum absolute atomic E-state index is 0.0891. The molecule has 1 aliphatic heterocycles. The van der Waals surface area contributed by atoms with Gasteiger partial charge in [-0.3, -0.25) is 0 Å². The Labute approximate surface area is 180 Å². The van der Waals surface area contributed by atoms with E-state index < -0.39 is 5.97 Å². The lowest BCUT2D eigenvalue weighted by Crippen LogP contribution is -2.19. The van der Waals surface area contributed by atoms with E-state index in [1.165, 1.54) is 5.57 Å². The first-order valence-electron chi connectivity index (χ1n) is 10.4. The molecule has 0 spiro atoms. The van der Waals surface area contributed by atoms with Gasteiger partial charge in [-0.1, -0.05) is 36.8 Å². The van der Waals surface area contributed by atoms with Gasteiger partial charge in [-0.05, 0) is 49.9 Å². The summed E-state index contributed by atoms with van der Waals surface area (Å²) in [4.78, 5) is 12.0. The van der Waals surface area contributed by atoms with Crippen molar-refractivity contribution >= 4 is 14.8 Å². The minimum atomic E-state index is -0.421. The van der Waals surface area contributed by atoms with Gasteiger partial charge in [-0.15, -0.1) is 0 Å². The number of allylic oxidation sites excluding steroid dienone is 1. The lowest BCUT2D eigenvalue weighted by Gasteiger charge is -2.16. The number of carbonyl (C=O) groups excluding carboxylic acids is 1. The SMILES string of the molecule is CCc1c(C)c2c(c(O)c1C/C=C(\C)CNCCPOc1ccccc1)C(=O)OC2. The maximum atomic E-state index is 12.0. The Morgan fingerprint density at radius 1 is 1.30 bits per heavy atom. The maximum absolute atomic E-state index is 12.0. The molecule has 160 valence electrons. The molecular weight excluding hydrogens is 397 g/mol. The number of esters is 1. The van der Waals surface area contributed by atoms with Crippen molar-refractivity contribution in [3.8, 4) is 11.5 Å². The molecule has 1 atom stereocenters. The molecule has 1 unspecified atom stereocenters. The third-order valence-corrected chi connectivity index (χ3v) is 6.23. The summed E-state index contributed by atoms with van der Waals surface area (Å²) in [5, 5.41) is 14.2. The fraction of sp³-hybridized carbons (Fsp3) is 0.375. The zero-order valence-electron chi connectivity index (χ0n) is 17.9. The molecule has 2 aromatic carbocycles. The molecule has 1 aliphatic rings. The number of aromatic hydroxyl groups is 1. The van der Waals surface area contributed by atoms with Crippen LogP contribution < -0.4 is 9.84 Å². The summed E-state index contributed by atoms with van der Waals surface area (Å²) in [6.45, 7) is 8.08. The second-order valence-electron chi connectivity index (χ2n) is 7.45. The van der Waals surface area contributed by atoms with Gasteiger partial charge in [0, 0.05) is 30.4 Å². The van der Waals surface area contributed by atoms with Gasteiger partial charge in [0.05, 0.1) is 8.81 Å². The van der Waals surface area contributed by atoms with Gasteiger partial charge in [0.2, 0.25) is 0 Å². The van der Waals surface area contributed by atoms with Crippen LogP contribution in [0, 0.1) is 6.92 Å². The van der Waals surface area contributed by atoms with Crippen LogP contribution in [-0.2, 0) is 24.2 Å². The number of nitrogens with one attached hydrogen (secondary N) is 1. The summed E-state index contributed by atoms with van der Waals surface area (Å²) in [5.41, 5.74) is 5.40. The van der Waals surface area contributed by atoms with Crippen molar-refractivity contribution in [3.63, 3.8) is 0 Å². The molecule has 6 heteroatoms. The van der Waals surface area contributed by atoms with Crippen molar-refractivity contribution in [1.82, 2.24) is 5.32 Å². The standard InChI is InChI=1S/C24H30NO4P/c1-4-19-17(3)21-15-28-24(27)22(21)23(26)20(19)11-10-16(2)14-25-12-13-30-29-18-8-6-5-7-9-18/h5-10,25-26,30H,4,11-15H2,1-3H3/b16-10+. The van der Waals surface area contributed by atoms with Crippen molar-refractivity contribution in [3.05, 3.63) is 69.8 Å². The maximum Gasteiger partial charge on any atom is 0.342 e. The van der Waals surface area contributed by atoms with Crippen molar-refractivity contribution in [2.45, 2.75) is 40.2 Å². The number of benzene rings is 2. The number of rotatable bonds is 10. The predicted molar refractivity (Wildman–Crippen MR) is 122 cm³/mol. The van der Waals surface area contributed by atoms with E-state index in [9.17, 15) is 9.90 Å². The first-order valence-corrected chi connectivity index (χ1v) is 11.5. The van der Waals surface area contributed by atoms with E-state index in [0.717, 1.165) is 53.7 Å². The summed E-state index contributed by atoms with van der Waals surface area (Å²) >= 11 is 0. The van der Waals surface area contributed by atoms with Gasteiger partial charge in [-0.2, -0.15) is 0 Å². The fourth-order valence-electron chi connectivity index (χ4n) is 3.74. The molecule has 0 aromatic heterocycles. The number of fused-ring (bicyclic) bond motifs is 1. The quantitative estimate of drug-likeness (QED) is 0.249. The summed E-state index contributed by atoms with van der Waals surface area (Å²) in [6, 6.07) is 9.85. The molecule has 3 rings (SSSR count). The number of phenols is 1. The first-order chi connectivity index (χ1) is 14.5. The van der Waals surface area contributed by atoms with Crippen molar-refractivity contribution < 1.29 is 19.2 Å². The molecule has 0 saturated heterocycles. The number of para-hydroxylation sites is 1. The topological polar surface area (TPSA) is 67.8 Å². The van der Waals surface area contributed by atoms with Crippen LogP contribution in [-0.4, -0.2) is 30.3 Å². The summed E-state index contributed by atoms with van der Waals surface area (Å²) < 4.78 is 10.9. The second-order valence-corrected chi connectivity index (χ2v) is 8.45. The molecule has 0 aliphatic carbocycles. The Kier molecular flexibility index (Phi) is 7.89. The third-order valence-electron chi connectivity index (χ3n) is 5.39. The number of phenolic OH excluding ortho intramolecular Hbond substituents is 1. The smallest absolute Gasteiger partial charge is 0.342 e. The van der Waals surface area contributed by atoms with Crippen LogP contribution in [0.5, 0.6) is 11.5 Å². The molecule has 2 aromatic rings. The van der Waals surface area contributed by atoms with Crippen LogP contribution in [0.25, 0.3) is 0 Å². The zero-order chi connectivity index (χ0) is 21.5. The Morgan fingerprint density at radius 3 is 2.80 bits per heavy atom. The van der Waals surface area contributed by atoms with Crippen molar-refractivity contribution in [2.75, 3.05) is 19.3 Å². The monoisotopic (exact) mass is 427 g/mol. The highest BCUT2D eigenvalue weighted by atomic mass is 31.1. The Morgan fingerprint density at radius 2 is 2.07 bits per heavy atom. The lowest BCUT2D eigenvalue weighted by molar-refractivity contribution is 0.0533. The van der Waals surface area contributed by atoms with Gasteiger partial charge in [0.1, 0.15) is 23.7 Å². The van der Waals surface area contributed by atoms with E-state index in [4.69, 9.17) is 9.26 Å². The Balaban J connectivity index is 1.52. The minimum Gasteiger partial charge on any atom is -0.507 e. The van der Waals surface area contributed by atoms with Gasteiger partial charge < -0.3 is 19.7 Å². The van der Waals surface area contributed by atoms with Crippen LogP contribution in [0.1, 0.15) is 46.5 Å². The molecule has 2 N–H and O–H groups in total. The molecule has 0 saturated carbocycles. The van der Waals surface area contributed by atoms with Gasteiger partial charge in [0.25, 0.3) is 0 Å². The average molecular weight is 427 g/mol.